The Hall–Kier alpha value is -3.47. The van der Waals surface area contributed by atoms with Gasteiger partial charge in [-0.2, -0.15) is 5.26 Å². The number of nitrogens with zero attached hydrogens (tertiary/aromatic N) is 4. The van der Waals surface area contributed by atoms with E-state index in [0.717, 1.165) is 37.1 Å². The molecule has 2 heterocycles. The third-order valence-corrected chi connectivity index (χ3v) is 5.31. The van der Waals surface area contributed by atoms with Gasteiger partial charge in [0.25, 0.3) is 0 Å². The zero-order chi connectivity index (χ0) is 20.8. The number of aromatic nitrogens is 2. The zero-order valence-electron chi connectivity index (χ0n) is 16.6. The molecule has 8 heteroatoms. The number of piperidine rings is 1. The molecule has 1 aromatic heterocycles. The Labute approximate surface area is 170 Å². The Morgan fingerprint density at radius 2 is 1.90 bits per heavy atom. The molecule has 1 saturated heterocycles. The molecule has 0 unspecified atom stereocenters. The van der Waals surface area contributed by atoms with Gasteiger partial charge in [0.05, 0.1) is 0 Å². The largest absolute Gasteiger partial charge is 0.354 e. The fraction of sp³-hybridized carbons (Fsp3) is 0.381. The predicted octanol–water partition coefficient (Wildman–Crippen LogP) is 1.94. The van der Waals surface area contributed by atoms with E-state index < -0.39 is 11.8 Å². The van der Waals surface area contributed by atoms with Gasteiger partial charge in [-0.1, -0.05) is 12.1 Å². The molecule has 0 spiro atoms. The van der Waals surface area contributed by atoms with Crippen LogP contribution in [0.2, 0.25) is 0 Å². The van der Waals surface area contributed by atoms with Crippen LogP contribution in [0.5, 0.6) is 0 Å². The summed E-state index contributed by atoms with van der Waals surface area (Å²) in [5, 5.41) is 14.6. The highest BCUT2D eigenvalue weighted by molar-refractivity contribution is 6.39. The second-order valence-electron chi connectivity index (χ2n) is 7.18. The summed E-state index contributed by atoms with van der Waals surface area (Å²) in [7, 11) is 0. The van der Waals surface area contributed by atoms with Crippen LogP contribution in [0.1, 0.15) is 29.7 Å². The lowest BCUT2D eigenvalue weighted by Crippen LogP contribution is -2.42. The maximum Gasteiger partial charge on any atom is 0.313 e. The summed E-state index contributed by atoms with van der Waals surface area (Å²) in [5.74, 6) is -0.417. The van der Waals surface area contributed by atoms with Crippen LogP contribution in [0, 0.1) is 31.1 Å². The molecule has 0 atom stereocenters. The van der Waals surface area contributed by atoms with Crippen molar-refractivity contribution < 1.29 is 9.59 Å². The van der Waals surface area contributed by atoms with Gasteiger partial charge in [0.2, 0.25) is 0 Å². The molecule has 29 heavy (non-hydrogen) atoms. The summed E-state index contributed by atoms with van der Waals surface area (Å²) >= 11 is 0. The number of benzene rings is 1. The topological polar surface area (TPSA) is 111 Å². The van der Waals surface area contributed by atoms with E-state index in [1.54, 1.807) is 12.3 Å². The normalized spacial score (nSPS) is 14.2. The average Bonchev–Trinajstić information content (AvgIpc) is 2.75. The van der Waals surface area contributed by atoms with Crippen molar-refractivity contribution in [1.29, 1.82) is 5.26 Å². The maximum absolute atomic E-state index is 12.2. The molecule has 0 bridgehead atoms. The van der Waals surface area contributed by atoms with Gasteiger partial charge >= 0.3 is 11.8 Å². The van der Waals surface area contributed by atoms with Crippen molar-refractivity contribution in [2.24, 2.45) is 5.92 Å². The lowest BCUT2D eigenvalue weighted by atomic mass is 9.96. The Kier molecular flexibility index (Phi) is 6.39. The Bertz CT molecular complexity index is 944. The van der Waals surface area contributed by atoms with Crippen LogP contribution in [0.4, 0.5) is 11.5 Å². The number of anilines is 2. The van der Waals surface area contributed by atoms with Crippen LogP contribution in [0.15, 0.2) is 30.6 Å². The summed E-state index contributed by atoms with van der Waals surface area (Å²) in [6.45, 7) is 5.76. The number of hydrogen-bond donors (Lipinski definition) is 2. The molecule has 1 aromatic carbocycles. The molecule has 8 nitrogen and oxygen atoms in total. The highest BCUT2D eigenvalue weighted by Crippen LogP contribution is 2.23. The van der Waals surface area contributed by atoms with Crippen molar-refractivity contribution in [1.82, 2.24) is 15.3 Å². The van der Waals surface area contributed by atoms with Crippen LogP contribution in [0.25, 0.3) is 0 Å². The molecule has 2 aromatic rings. The summed E-state index contributed by atoms with van der Waals surface area (Å²) in [4.78, 5) is 34.7. The van der Waals surface area contributed by atoms with E-state index in [9.17, 15) is 14.9 Å². The van der Waals surface area contributed by atoms with E-state index in [1.165, 1.54) is 6.20 Å². The van der Waals surface area contributed by atoms with E-state index in [-0.39, 0.29) is 5.92 Å². The number of hydrogen-bond acceptors (Lipinski definition) is 6. The predicted molar refractivity (Wildman–Crippen MR) is 109 cm³/mol. The summed E-state index contributed by atoms with van der Waals surface area (Å²) in [6, 6.07) is 7.65. The van der Waals surface area contributed by atoms with Crippen molar-refractivity contribution >= 4 is 23.3 Å². The molecule has 2 N–H and O–H groups in total. The van der Waals surface area contributed by atoms with Gasteiger partial charge in [-0.25, -0.2) is 9.97 Å². The van der Waals surface area contributed by atoms with Gasteiger partial charge in [-0.15, -0.1) is 0 Å². The minimum absolute atomic E-state index is 0.269. The minimum atomic E-state index is -0.658. The van der Waals surface area contributed by atoms with Crippen LogP contribution < -0.4 is 15.5 Å². The number of amides is 2. The second-order valence-corrected chi connectivity index (χ2v) is 7.18. The summed E-state index contributed by atoms with van der Waals surface area (Å²) < 4.78 is 0. The summed E-state index contributed by atoms with van der Waals surface area (Å²) in [5.41, 5.74) is 2.97. The first-order valence-corrected chi connectivity index (χ1v) is 9.61. The second kappa shape index (κ2) is 9.15. The van der Waals surface area contributed by atoms with Crippen molar-refractivity contribution in [2.75, 3.05) is 29.9 Å². The first kappa shape index (κ1) is 20.3. The first-order chi connectivity index (χ1) is 14.0. The Balaban J connectivity index is 1.47. The smallest absolute Gasteiger partial charge is 0.313 e. The number of carbonyl (C=O) groups is 2. The number of aryl methyl sites for hydroxylation is 1. The minimum Gasteiger partial charge on any atom is -0.354 e. The molecule has 3 rings (SSSR count). The van der Waals surface area contributed by atoms with Crippen molar-refractivity contribution in [2.45, 2.75) is 26.7 Å². The lowest BCUT2D eigenvalue weighted by molar-refractivity contribution is -0.136. The molecule has 0 radical (unpaired) electrons. The van der Waals surface area contributed by atoms with Gasteiger partial charge in [-0.3, -0.25) is 9.59 Å². The number of rotatable bonds is 4. The SMILES string of the molecule is Cc1cccc(NC(=O)C(=O)NCC2CCN(c3nccnc3C#N)CC2)c1C. The number of nitriles is 1. The standard InChI is InChI=1S/C21H24N6O2/c1-14-4-3-5-17(15(14)2)26-21(29)20(28)25-13-16-6-10-27(11-7-16)19-18(12-22)23-8-9-24-19/h3-5,8-9,16H,6-7,10-11,13H2,1-2H3,(H,25,28)(H,26,29). The first-order valence-electron chi connectivity index (χ1n) is 9.61. The summed E-state index contributed by atoms with van der Waals surface area (Å²) in [6.07, 6.45) is 4.76. The van der Waals surface area contributed by atoms with Crippen LogP contribution >= 0.6 is 0 Å². The maximum atomic E-state index is 12.2. The molecule has 1 aliphatic heterocycles. The van der Waals surface area contributed by atoms with Gasteiger partial charge in [0.1, 0.15) is 6.07 Å². The van der Waals surface area contributed by atoms with Gasteiger partial charge in [0.15, 0.2) is 11.5 Å². The van der Waals surface area contributed by atoms with E-state index in [0.29, 0.717) is 23.7 Å². The third kappa shape index (κ3) is 4.88. The molecule has 150 valence electrons. The lowest BCUT2D eigenvalue weighted by Gasteiger charge is -2.32. The molecule has 0 aliphatic carbocycles. The van der Waals surface area contributed by atoms with Gasteiger partial charge in [0, 0.05) is 37.7 Å². The molecule has 1 aliphatic rings. The average molecular weight is 392 g/mol. The zero-order valence-corrected chi connectivity index (χ0v) is 16.6. The van der Waals surface area contributed by atoms with Gasteiger partial charge < -0.3 is 15.5 Å². The van der Waals surface area contributed by atoms with Gasteiger partial charge in [-0.05, 0) is 49.8 Å². The Morgan fingerprint density at radius 3 is 2.62 bits per heavy atom. The van der Waals surface area contributed by atoms with Crippen molar-refractivity contribution in [3.05, 3.63) is 47.4 Å². The van der Waals surface area contributed by atoms with Crippen molar-refractivity contribution in [3.8, 4) is 6.07 Å². The fourth-order valence-electron chi connectivity index (χ4n) is 3.37. The number of nitrogens with one attached hydrogen (secondary N) is 2. The monoisotopic (exact) mass is 392 g/mol. The fourth-order valence-corrected chi connectivity index (χ4v) is 3.37. The highest BCUT2D eigenvalue weighted by Gasteiger charge is 2.24. The molecule has 1 fully saturated rings. The van der Waals surface area contributed by atoms with Crippen LogP contribution in [-0.4, -0.2) is 41.4 Å². The molecular formula is C21H24N6O2. The quantitative estimate of drug-likeness (QED) is 0.769. The van der Waals surface area contributed by atoms with Crippen LogP contribution in [0.3, 0.4) is 0 Å². The van der Waals surface area contributed by atoms with E-state index in [4.69, 9.17) is 0 Å². The third-order valence-electron chi connectivity index (χ3n) is 5.31. The molecule has 0 saturated carbocycles. The van der Waals surface area contributed by atoms with E-state index >= 15 is 0 Å². The Morgan fingerprint density at radius 1 is 1.17 bits per heavy atom. The highest BCUT2D eigenvalue weighted by atomic mass is 16.2. The number of carbonyl (C=O) groups excluding carboxylic acids is 2. The van der Waals surface area contributed by atoms with Crippen LogP contribution in [-0.2, 0) is 9.59 Å². The molecular weight excluding hydrogens is 368 g/mol. The van der Waals surface area contributed by atoms with E-state index in [1.807, 2.05) is 30.9 Å². The van der Waals surface area contributed by atoms with E-state index in [2.05, 4.69) is 26.7 Å². The van der Waals surface area contributed by atoms with Crippen molar-refractivity contribution in [3.63, 3.8) is 0 Å². The molecule has 2 amide bonds.